The lowest BCUT2D eigenvalue weighted by Gasteiger charge is -2.10. The Morgan fingerprint density at radius 3 is 2.42 bits per heavy atom. The highest BCUT2D eigenvalue weighted by Gasteiger charge is 2.12. The SMILES string of the molecule is COc1cc(-c2cc(=NNc3nc(C)cc(C)n3)c3c(C)cc(C)cc3o2)ccc1O. The highest BCUT2D eigenvalue weighted by Crippen LogP contribution is 2.32. The summed E-state index contributed by atoms with van der Waals surface area (Å²) in [4.78, 5) is 8.79. The molecular formula is C24H24N4O3. The van der Waals surface area contributed by atoms with Crippen molar-refractivity contribution in [2.24, 2.45) is 5.10 Å². The van der Waals surface area contributed by atoms with Crippen LogP contribution < -0.4 is 15.5 Å². The van der Waals surface area contributed by atoms with Crippen molar-refractivity contribution in [3.63, 3.8) is 0 Å². The maximum Gasteiger partial charge on any atom is 0.243 e. The van der Waals surface area contributed by atoms with Crippen molar-refractivity contribution in [3.8, 4) is 22.8 Å². The number of anilines is 1. The van der Waals surface area contributed by atoms with Crippen molar-refractivity contribution in [1.29, 1.82) is 0 Å². The van der Waals surface area contributed by atoms with Crippen LogP contribution in [0.3, 0.4) is 0 Å². The third-order valence-corrected chi connectivity index (χ3v) is 4.91. The molecule has 0 aliphatic rings. The average molecular weight is 416 g/mol. The Morgan fingerprint density at radius 2 is 1.71 bits per heavy atom. The van der Waals surface area contributed by atoms with Crippen LogP contribution >= 0.6 is 0 Å². The first-order chi connectivity index (χ1) is 14.8. The third-order valence-electron chi connectivity index (χ3n) is 4.91. The molecule has 158 valence electrons. The number of hydrogen-bond acceptors (Lipinski definition) is 7. The molecule has 0 saturated heterocycles. The molecule has 0 spiro atoms. The Labute approximate surface area is 180 Å². The fourth-order valence-electron chi connectivity index (χ4n) is 3.63. The van der Waals surface area contributed by atoms with Crippen LogP contribution in [0.4, 0.5) is 5.95 Å². The summed E-state index contributed by atoms with van der Waals surface area (Å²) in [6.45, 7) is 7.89. The van der Waals surface area contributed by atoms with E-state index < -0.39 is 0 Å². The van der Waals surface area contributed by atoms with Crippen LogP contribution in [-0.2, 0) is 0 Å². The standard InChI is InChI=1S/C24H24N4O3/c1-13-8-14(2)23-18(27-28-24-25-15(3)10-16(4)26-24)12-20(31-22(23)9-13)17-6-7-19(29)21(11-17)30-5/h6-12,29H,1-5H3,(H,25,26,28). The minimum Gasteiger partial charge on any atom is -0.504 e. The number of benzene rings is 2. The van der Waals surface area contributed by atoms with Gasteiger partial charge >= 0.3 is 0 Å². The van der Waals surface area contributed by atoms with Crippen molar-refractivity contribution in [1.82, 2.24) is 9.97 Å². The summed E-state index contributed by atoms with van der Waals surface area (Å²) in [6, 6.07) is 12.9. The molecular weight excluding hydrogens is 392 g/mol. The highest BCUT2D eigenvalue weighted by molar-refractivity contribution is 5.82. The second-order valence-electron chi connectivity index (χ2n) is 7.54. The zero-order valence-electron chi connectivity index (χ0n) is 18.1. The summed E-state index contributed by atoms with van der Waals surface area (Å²) in [5.74, 6) is 1.47. The van der Waals surface area contributed by atoms with Crippen molar-refractivity contribution < 1.29 is 14.3 Å². The van der Waals surface area contributed by atoms with Gasteiger partial charge in [0.15, 0.2) is 11.5 Å². The van der Waals surface area contributed by atoms with Crippen LogP contribution in [-0.4, -0.2) is 22.2 Å². The summed E-state index contributed by atoms with van der Waals surface area (Å²) in [5.41, 5.74) is 8.32. The number of rotatable bonds is 4. The molecule has 31 heavy (non-hydrogen) atoms. The average Bonchev–Trinajstić information content (AvgIpc) is 2.71. The topological polar surface area (TPSA) is 92.8 Å². The lowest BCUT2D eigenvalue weighted by Crippen LogP contribution is -2.10. The molecule has 2 heterocycles. The molecule has 0 radical (unpaired) electrons. The molecule has 7 heteroatoms. The van der Waals surface area contributed by atoms with Crippen molar-refractivity contribution in [2.45, 2.75) is 27.7 Å². The summed E-state index contributed by atoms with van der Waals surface area (Å²) in [6.07, 6.45) is 0. The van der Waals surface area contributed by atoms with Gasteiger partial charge in [0.1, 0.15) is 11.3 Å². The van der Waals surface area contributed by atoms with E-state index in [4.69, 9.17) is 9.15 Å². The lowest BCUT2D eigenvalue weighted by atomic mass is 10.0. The molecule has 2 aromatic carbocycles. The van der Waals surface area contributed by atoms with Crippen molar-refractivity contribution in [3.05, 3.63) is 70.3 Å². The maximum atomic E-state index is 9.94. The molecule has 0 aliphatic heterocycles. The Balaban J connectivity index is 1.92. The largest absolute Gasteiger partial charge is 0.504 e. The molecule has 7 nitrogen and oxygen atoms in total. The smallest absolute Gasteiger partial charge is 0.243 e. The summed E-state index contributed by atoms with van der Waals surface area (Å²) in [7, 11) is 1.51. The number of nitrogens with one attached hydrogen (secondary N) is 1. The van der Waals surface area contributed by atoms with Gasteiger partial charge in [-0.1, -0.05) is 6.07 Å². The zero-order chi connectivity index (χ0) is 22.1. The van der Waals surface area contributed by atoms with E-state index in [1.807, 2.05) is 45.9 Å². The van der Waals surface area contributed by atoms with E-state index in [0.29, 0.717) is 28.4 Å². The molecule has 0 saturated carbocycles. The third kappa shape index (κ3) is 4.21. The number of methoxy groups -OCH3 is 1. The normalized spacial score (nSPS) is 11.7. The van der Waals surface area contributed by atoms with E-state index >= 15 is 0 Å². The molecule has 4 rings (SSSR count). The van der Waals surface area contributed by atoms with Crippen LogP contribution in [0, 0.1) is 27.7 Å². The first kappa shape index (κ1) is 20.4. The number of fused-ring (bicyclic) bond motifs is 1. The van der Waals surface area contributed by atoms with Gasteiger partial charge in [0.2, 0.25) is 5.95 Å². The number of hydrogen-bond donors (Lipinski definition) is 2. The van der Waals surface area contributed by atoms with Gasteiger partial charge in [-0.15, -0.1) is 0 Å². The molecule has 0 aliphatic carbocycles. The molecule has 0 bridgehead atoms. The monoisotopic (exact) mass is 416 g/mol. The second kappa shape index (κ2) is 8.10. The second-order valence-corrected chi connectivity index (χ2v) is 7.54. The van der Waals surface area contributed by atoms with Gasteiger partial charge in [-0.2, -0.15) is 5.10 Å². The molecule has 0 amide bonds. The Kier molecular flexibility index (Phi) is 5.33. The lowest BCUT2D eigenvalue weighted by molar-refractivity contribution is 0.373. The molecule has 0 atom stereocenters. The van der Waals surface area contributed by atoms with Gasteiger partial charge < -0.3 is 14.3 Å². The van der Waals surface area contributed by atoms with Crippen LogP contribution in [0.2, 0.25) is 0 Å². The fraction of sp³-hybridized carbons (Fsp3) is 0.208. The van der Waals surface area contributed by atoms with E-state index in [2.05, 4.69) is 26.6 Å². The molecule has 2 N–H and O–H groups in total. The number of aromatic hydroxyl groups is 1. The summed E-state index contributed by atoms with van der Waals surface area (Å²) >= 11 is 0. The Morgan fingerprint density at radius 1 is 0.968 bits per heavy atom. The predicted molar refractivity (Wildman–Crippen MR) is 120 cm³/mol. The molecule has 2 aromatic heterocycles. The Bertz CT molecular complexity index is 1340. The first-order valence-corrected chi connectivity index (χ1v) is 9.88. The van der Waals surface area contributed by atoms with E-state index in [1.165, 1.54) is 7.11 Å². The van der Waals surface area contributed by atoms with Crippen LogP contribution in [0.15, 0.2) is 52.0 Å². The van der Waals surface area contributed by atoms with Gasteiger partial charge in [0.25, 0.3) is 0 Å². The Hall–Kier alpha value is -3.87. The minimum absolute atomic E-state index is 0.0669. The summed E-state index contributed by atoms with van der Waals surface area (Å²) < 4.78 is 11.5. The molecule has 0 unspecified atom stereocenters. The van der Waals surface area contributed by atoms with Crippen molar-refractivity contribution >= 4 is 16.9 Å². The first-order valence-electron chi connectivity index (χ1n) is 9.88. The van der Waals surface area contributed by atoms with E-state index in [9.17, 15) is 5.11 Å². The van der Waals surface area contributed by atoms with Gasteiger partial charge in [-0.25, -0.2) is 15.4 Å². The fourth-order valence-corrected chi connectivity index (χ4v) is 3.63. The minimum atomic E-state index is 0.0669. The van der Waals surface area contributed by atoms with E-state index in [1.54, 1.807) is 18.2 Å². The zero-order valence-corrected chi connectivity index (χ0v) is 18.1. The maximum absolute atomic E-state index is 9.94. The van der Waals surface area contributed by atoms with Crippen LogP contribution in [0.5, 0.6) is 11.5 Å². The van der Waals surface area contributed by atoms with Crippen molar-refractivity contribution in [2.75, 3.05) is 12.5 Å². The summed E-state index contributed by atoms with van der Waals surface area (Å²) in [5, 5.41) is 16.1. The number of aryl methyl sites for hydroxylation is 4. The molecule has 0 fully saturated rings. The van der Waals surface area contributed by atoms with Crippen LogP contribution in [0.1, 0.15) is 22.5 Å². The number of nitrogens with zero attached hydrogens (tertiary/aromatic N) is 3. The number of phenolic OH excluding ortho intramolecular Hbond substituents is 1. The highest BCUT2D eigenvalue weighted by atomic mass is 16.5. The van der Waals surface area contributed by atoms with E-state index in [-0.39, 0.29) is 5.75 Å². The van der Waals surface area contributed by atoms with E-state index in [0.717, 1.165) is 33.5 Å². The molecule has 4 aromatic rings. The number of aromatic nitrogens is 2. The van der Waals surface area contributed by atoms with Gasteiger partial charge in [0, 0.05) is 28.4 Å². The number of ether oxygens (including phenoxy) is 1. The van der Waals surface area contributed by atoms with Crippen LogP contribution in [0.25, 0.3) is 22.3 Å². The van der Waals surface area contributed by atoms with Gasteiger partial charge in [-0.05, 0) is 69.2 Å². The van der Waals surface area contributed by atoms with Gasteiger partial charge in [0.05, 0.1) is 12.5 Å². The quantitative estimate of drug-likeness (QED) is 0.466. The van der Waals surface area contributed by atoms with Gasteiger partial charge in [-0.3, -0.25) is 0 Å². The predicted octanol–water partition coefficient (Wildman–Crippen LogP) is 4.77. The number of phenols is 1.